The summed E-state index contributed by atoms with van der Waals surface area (Å²) in [6, 6.07) is 10.3. The number of ether oxygens (including phenoxy) is 1. The Kier molecular flexibility index (Phi) is 4.16. The van der Waals surface area contributed by atoms with Gasteiger partial charge in [0.15, 0.2) is 0 Å². The first kappa shape index (κ1) is 13.7. The fraction of sp³-hybridized carbons (Fsp3) is 0.647. The first-order valence-electron chi connectivity index (χ1n) is 8.04. The summed E-state index contributed by atoms with van der Waals surface area (Å²) in [7, 11) is 0. The quantitative estimate of drug-likeness (QED) is 0.915. The lowest BCUT2D eigenvalue weighted by Crippen LogP contribution is -2.55. The molecule has 110 valence electrons. The Morgan fingerprint density at radius 3 is 2.40 bits per heavy atom. The van der Waals surface area contributed by atoms with Gasteiger partial charge < -0.3 is 15.4 Å². The lowest BCUT2D eigenvalue weighted by atomic mass is 9.81. The highest BCUT2D eigenvalue weighted by atomic mass is 16.5. The second-order valence-corrected chi connectivity index (χ2v) is 6.22. The van der Waals surface area contributed by atoms with Gasteiger partial charge in [0.25, 0.3) is 0 Å². The van der Waals surface area contributed by atoms with Crippen molar-refractivity contribution in [3.8, 4) is 5.75 Å². The van der Waals surface area contributed by atoms with Crippen molar-refractivity contribution in [2.24, 2.45) is 5.73 Å². The van der Waals surface area contributed by atoms with E-state index in [0.29, 0.717) is 18.1 Å². The topological polar surface area (TPSA) is 38.5 Å². The lowest BCUT2D eigenvalue weighted by molar-refractivity contribution is 0.271. The van der Waals surface area contributed by atoms with Crippen molar-refractivity contribution in [3.63, 3.8) is 0 Å². The molecule has 2 unspecified atom stereocenters. The first-order valence-corrected chi connectivity index (χ1v) is 8.04. The van der Waals surface area contributed by atoms with Crippen molar-refractivity contribution < 1.29 is 4.74 Å². The monoisotopic (exact) mass is 274 g/mol. The standard InChI is InChI=1S/C17H26N2O/c1-2-10-20-17-8-6-14(7-9-17)19-15-4-3-5-16(19)12-13(18)11-15/h6-9,13,15-16H,2-5,10-12,18H2,1H3. The molecule has 1 aromatic carbocycles. The summed E-state index contributed by atoms with van der Waals surface area (Å²) in [5.74, 6) is 0.981. The fourth-order valence-corrected chi connectivity index (χ4v) is 3.78. The first-order chi connectivity index (χ1) is 9.78. The third-order valence-corrected chi connectivity index (χ3v) is 4.62. The van der Waals surface area contributed by atoms with E-state index in [-0.39, 0.29) is 0 Å². The third-order valence-electron chi connectivity index (χ3n) is 4.62. The maximum absolute atomic E-state index is 6.20. The summed E-state index contributed by atoms with van der Waals surface area (Å²) in [5.41, 5.74) is 7.54. The summed E-state index contributed by atoms with van der Waals surface area (Å²) in [4.78, 5) is 2.62. The minimum Gasteiger partial charge on any atom is -0.494 e. The molecule has 0 radical (unpaired) electrons. The van der Waals surface area contributed by atoms with Crippen LogP contribution in [0.4, 0.5) is 5.69 Å². The van der Waals surface area contributed by atoms with Crippen molar-refractivity contribution in [1.29, 1.82) is 0 Å². The van der Waals surface area contributed by atoms with Gasteiger partial charge in [0.05, 0.1) is 6.61 Å². The maximum atomic E-state index is 6.20. The Morgan fingerprint density at radius 1 is 1.15 bits per heavy atom. The van der Waals surface area contributed by atoms with E-state index in [1.807, 2.05) is 0 Å². The predicted molar refractivity (Wildman–Crippen MR) is 83.3 cm³/mol. The second-order valence-electron chi connectivity index (χ2n) is 6.22. The largest absolute Gasteiger partial charge is 0.494 e. The molecule has 0 aromatic heterocycles. The van der Waals surface area contributed by atoms with Crippen LogP contribution in [0.5, 0.6) is 5.75 Å². The van der Waals surface area contributed by atoms with Crippen molar-refractivity contribution in [2.75, 3.05) is 11.5 Å². The zero-order valence-electron chi connectivity index (χ0n) is 12.4. The zero-order chi connectivity index (χ0) is 13.9. The highest BCUT2D eigenvalue weighted by Crippen LogP contribution is 2.37. The van der Waals surface area contributed by atoms with Gasteiger partial charge in [-0.15, -0.1) is 0 Å². The van der Waals surface area contributed by atoms with Crippen molar-refractivity contribution in [3.05, 3.63) is 24.3 Å². The average Bonchev–Trinajstić information content (AvgIpc) is 2.45. The van der Waals surface area contributed by atoms with Crippen LogP contribution in [0.3, 0.4) is 0 Å². The van der Waals surface area contributed by atoms with Gasteiger partial charge >= 0.3 is 0 Å². The normalized spacial score (nSPS) is 29.3. The summed E-state index contributed by atoms with van der Waals surface area (Å²) < 4.78 is 5.67. The van der Waals surface area contributed by atoms with Crippen LogP contribution in [0.15, 0.2) is 24.3 Å². The molecule has 3 heteroatoms. The van der Waals surface area contributed by atoms with E-state index in [9.17, 15) is 0 Å². The molecule has 0 spiro atoms. The van der Waals surface area contributed by atoms with Crippen LogP contribution >= 0.6 is 0 Å². The minimum atomic E-state index is 0.397. The SMILES string of the molecule is CCCOc1ccc(N2C3CCCC2CC(N)C3)cc1. The van der Waals surface area contributed by atoms with Crippen molar-refractivity contribution in [2.45, 2.75) is 63.6 Å². The molecule has 2 atom stereocenters. The smallest absolute Gasteiger partial charge is 0.119 e. The number of benzene rings is 1. The van der Waals surface area contributed by atoms with Gasteiger partial charge in [-0.1, -0.05) is 6.92 Å². The third kappa shape index (κ3) is 2.78. The number of nitrogens with zero attached hydrogens (tertiary/aromatic N) is 1. The van der Waals surface area contributed by atoms with Crippen LogP contribution in [0.25, 0.3) is 0 Å². The minimum absolute atomic E-state index is 0.397. The van der Waals surface area contributed by atoms with Crippen LogP contribution in [0.2, 0.25) is 0 Å². The number of anilines is 1. The Hall–Kier alpha value is -1.22. The molecule has 20 heavy (non-hydrogen) atoms. The molecule has 2 N–H and O–H groups in total. The molecule has 2 aliphatic heterocycles. The lowest BCUT2D eigenvalue weighted by Gasteiger charge is -2.49. The highest BCUT2D eigenvalue weighted by molar-refractivity contribution is 5.52. The van der Waals surface area contributed by atoms with E-state index < -0.39 is 0 Å². The highest BCUT2D eigenvalue weighted by Gasteiger charge is 2.36. The molecule has 2 bridgehead atoms. The number of piperidine rings is 2. The molecule has 2 aliphatic rings. The molecule has 1 aromatic rings. The Morgan fingerprint density at radius 2 is 1.80 bits per heavy atom. The van der Waals surface area contributed by atoms with Gasteiger partial charge in [-0.25, -0.2) is 0 Å². The van der Waals surface area contributed by atoms with Crippen LogP contribution in [0, 0.1) is 0 Å². The number of hydrogen-bond acceptors (Lipinski definition) is 3. The van der Waals surface area contributed by atoms with Gasteiger partial charge in [0, 0.05) is 23.8 Å². The van der Waals surface area contributed by atoms with Gasteiger partial charge in [-0.05, 0) is 62.8 Å². The number of hydrogen-bond donors (Lipinski definition) is 1. The number of fused-ring (bicyclic) bond motifs is 2. The van der Waals surface area contributed by atoms with E-state index >= 15 is 0 Å². The van der Waals surface area contributed by atoms with E-state index in [2.05, 4.69) is 36.1 Å². The Labute approximate surface area is 122 Å². The molecular weight excluding hydrogens is 248 g/mol. The van der Waals surface area contributed by atoms with E-state index in [1.54, 1.807) is 0 Å². The zero-order valence-corrected chi connectivity index (χ0v) is 12.4. The van der Waals surface area contributed by atoms with Crippen LogP contribution in [-0.2, 0) is 0 Å². The van der Waals surface area contributed by atoms with Crippen LogP contribution < -0.4 is 15.4 Å². The molecule has 2 fully saturated rings. The number of nitrogens with two attached hydrogens (primary N) is 1. The Balaban J connectivity index is 1.74. The molecular formula is C17H26N2O. The van der Waals surface area contributed by atoms with Gasteiger partial charge in [0.2, 0.25) is 0 Å². The van der Waals surface area contributed by atoms with Gasteiger partial charge in [-0.3, -0.25) is 0 Å². The predicted octanol–water partition coefficient (Wildman–Crippen LogP) is 3.32. The van der Waals surface area contributed by atoms with Gasteiger partial charge in [0.1, 0.15) is 5.75 Å². The summed E-state index contributed by atoms with van der Waals surface area (Å²) >= 11 is 0. The fourth-order valence-electron chi connectivity index (χ4n) is 3.78. The van der Waals surface area contributed by atoms with Crippen molar-refractivity contribution in [1.82, 2.24) is 0 Å². The summed E-state index contributed by atoms with van der Waals surface area (Å²) in [6.07, 6.45) is 7.28. The summed E-state index contributed by atoms with van der Waals surface area (Å²) in [6.45, 7) is 2.93. The summed E-state index contributed by atoms with van der Waals surface area (Å²) in [5, 5.41) is 0. The molecule has 0 saturated carbocycles. The molecule has 2 saturated heterocycles. The van der Waals surface area contributed by atoms with Crippen molar-refractivity contribution >= 4 is 5.69 Å². The van der Waals surface area contributed by atoms with Crippen LogP contribution in [0.1, 0.15) is 45.4 Å². The van der Waals surface area contributed by atoms with E-state index in [0.717, 1.165) is 31.6 Å². The molecule has 2 heterocycles. The van der Waals surface area contributed by atoms with E-state index in [1.165, 1.54) is 24.9 Å². The number of rotatable bonds is 4. The van der Waals surface area contributed by atoms with Crippen LogP contribution in [-0.4, -0.2) is 24.7 Å². The second kappa shape index (κ2) is 6.04. The molecule has 3 nitrogen and oxygen atoms in total. The molecule has 0 aliphatic carbocycles. The molecule has 0 amide bonds. The van der Waals surface area contributed by atoms with E-state index in [4.69, 9.17) is 10.5 Å². The maximum Gasteiger partial charge on any atom is 0.119 e. The Bertz CT molecular complexity index is 417. The average molecular weight is 274 g/mol. The molecule has 3 rings (SSSR count). The van der Waals surface area contributed by atoms with Gasteiger partial charge in [-0.2, -0.15) is 0 Å².